The molecule has 2 heterocycles. The Hall–Kier alpha value is -3.15. The molecule has 2 aromatic carbocycles. The quantitative estimate of drug-likeness (QED) is 0.702. The standard InChI is InChI=1S/C20H16F2N2O2/c1-23-17-10-3-2-7-14(17)20(25)24(12-13-6-5-11-26-13)19(23)18-15(21)8-4-9-16(18)22/h2-11,19H,12H2,1H3. The van der Waals surface area contributed by atoms with E-state index in [1.54, 1.807) is 48.3 Å². The number of halogens is 2. The molecule has 1 aliphatic rings. The molecule has 1 aliphatic heterocycles. The van der Waals surface area contributed by atoms with Gasteiger partial charge in [0, 0.05) is 7.05 Å². The second-order valence-electron chi connectivity index (χ2n) is 6.15. The van der Waals surface area contributed by atoms with Crippen molar-refractivity contribution in [2.24, 2.45) is 0 Å². The molecule has 0 bridgehead atoms. The molecule has 1 aromatic heterocycles. The van der Waals surface area contributed by atoms with Crippen LogP contribution >= 0.6 is 0 Å². The third-order valence-corrected chi connectivity index (χ3v) is 4.60. The highest BCUT2D eigenvalue weighted by atomic mass is 19.1. The van der Waals surface area contributed by atoms with Crippen LogP contribution in [0, 0.1) is 11.6 Å². The Labute approximate surface area is 149 Å². The monoisotopic (exact) mass is 354 g/mol. The molecule has 4 rings (SSSR count). The van der Waals surface area contributed by atoms with Crippen LogP contribution < -0.4 is 4.90 Å². The number of anilines is 1. The van der Waals surface area contributed by atoms with Gasteiger partial charge in [-0.25, -0.2) is 8.78 Å². The van der Waals surface area contributed by atoms with Crippen LogP contribution in [0.1, 0.15) is 27.8 Å². The highest BCUT2D eigenvalue weighted by Crippen LogP contribution is 2.40. The molecule has 132 valence electrons. The van der Waals surface area contributed by atoms with Crippen molar-refractivity contribution in [2.45, 2.75) is 12.7 Å². The van der Waals surface area contributed by atoms with E-state index in [9.17, 15) is 13.6 Å². The van der Waals surface area contributed by atoms with E-state index in [2.05, 4.69) is 0 Å². The minimum atomic E-state index is -0.927. The van der Waals surface area contributed by atoms with Gasteiger partial charge in [-0.05, 0) is 36.4 Å². The topological polar surface area (TPSA) is 36.7 Å². The minimum Gasteiger partial charge on any atom is -0.467 e. The molecule has 6 heteroatoms. The zero-order valence-electron chi connectivity index (χ0n) is 14.0. The molecule has 0 saturated heterocycles. The molecule has 4 nitrogen and oxygen atoms in total. The minimum absolute atomic E-state index is 0.100. The van der Waals surface area contributed by atoms with E-state index in [0.717, 1.165) is 0 Å². The summed E-state index contributed by atoms with van der Waals surface area (Å²) < 4.78 is 34.4. The van der Waals surface area contributed by atoms with Gasteiger partial charge in [-0.3, -0.25) is 4.79 Å². The van der Waals surface area contributed by atoms with Gasteiger partial charge < -0.3 is 14.2 Å². The maximum Gasteiger partial charge on any atom is 0.258 e. The first kappa shape index (κ1) is 16.3. The van der Waals surface area contributed by atoms with E-state index < -0.39 is 17.8 Å². The number of furan rings is 1. The SMILES string of the molecule is CN1c2ccccc2C(=O)N(Cc2ccco2)C1c1c(F)cccc1F. The number of carbonyl (C=O) groups is 1. The van der Waals surface area contributed by atoms with Crippen molar-refractivity contribution in [1.82, 2.24) is 4.90 Å². The van der Waals surface area contributed by atoms with Gasteiger partial charge in [0.1, 0.15) is 23.6 Å². The number of fused-ring (bicyclic) bond motifs is 1. The number of benzene rings is 2. The molecule has 1 unspecified atom stereocenters. The molecular formula is C20H16F2N2O2. The average molecular weight is 354 g/mol. The Morgan fingerprint density at radius 1 is 1.00 bits per heavy atom. The molecular weight excluding hydrogens is 338 g/mol. The van der Waals surface area contributed by atoms with Crippen molar-refractivity contribution in [3.63, 3.8) is 0 Å². The third kappa shape index (κ3) is 2.54. The van der Waals surface area contributed by atoms with E-state index in [1.165, 1.54) is 29.4 Å². The van der Waals surface area contributed by atoms with Gasteiger partial charge >= 0.3 is 0 Å². The highest BCUT2D eigenvalue weighted by Gasteiger charge is 2.39. The number of hydrogen-bond donors (Lipinski definition) is 0. The fourth-order valence-electron chi connectivity index (χ4n) is 3.40. The second-order valence-corrected chi connectivity index (χ2v) is 6.15. The Kier molecular flexibility index (Phi) is 3.95. The number of para-hydroxylation sites is 1. The van der Waals surface area contributed by atoms with Gasteiger partial charge in [0.2, 0.25) is 0 Å². The van der Waals surface area contributed by atoms with Gasteiger partial charge in [-0.15, -0.1) is 0 Å². The first-order valence-electron chi connectivity index (χ1n) is 8.17. The number of rotatable bonds is 3. The predicted octanol–water partition coefficient (Wildman–Crippen LogP) is 4.35. The number of hydrogen-bond acceptors (Lipinski definition) is 3. The van der Waals surface area contributed by atoms with E-state index >= 15 is 0 Å². The molecule has 0 fully saturated rings. The van der Waals surface area contributed by atoms with Crippen LogP contribution in [0.25, 0.3) is 0 Å². The molecule has 0 spiro atoms. The molecule has 26 heavy (non-hydrogen) atoms. The Morgan fingerprint density at radius 2 is 1.73 bits per heavy atom. The van der Waals surface area contributed by atoms with E-state index in [1.807, 2.05) is 0 Å². The number of nitrogens with zero attached hydrogens (tertiary/aromatic N) is 2. The van der Waals surface area contributed by atoms with Crippen molar-refractivity contribution in [1.29, 1.82) is 0 Å². The lowest BCUT2D eigenvalue weighted by molar-refractivity contribution is 0.0611. The molecule has 0 aliphatic carbocycles. The first-order valence-corrected chi connectivity index (χ1v) is 8.17. The van der Waals surface area contributed by atoms with Crippen LogP contribution in [0.3, 0.4) is 0 Å². The zero-order valence-corrected chi connectivity index (χ0v) is 14.0. The van der Waals surface area contributed by atoms with Crippen LogP contribution in [0.4, 0.5) is 14.5 Å². The summed E-state index contributed by atoms with van der Waals surface area (Å²) in [7, 11) is 1.72. The van der Waals surface area contributed by atoms with Crippen LogP contribution in [-0.4, -0.2) is 17.9 Å². The fraction of sp³-hybridized carbons (Fsp3) is 0.150. The lowest BCUT2D eigenvalue weighted by Gasteiger charge is -2.43. The molecule has 0 radical (unpaired) electrons. The molecule has 1 amide bonds. The third-order valence-electron chi connectivity index (χ3n) is 4.60. The lowest BCUT2D eigenvalue weighted by Crippen LogP contribution is -2.48. The average Bonchev–Trinajstić information content (AvgIpc) is 3.15. The van der Waals surface area contributed by atoms with Crippen molar-refractivity contribution in [3.8, 4) is 0 Å². The summed E-state index contributed by atoms with van der Waals surface area (Å²) in [4.78, 5) is 16.2. The van der Waals surface area contributed by atoms with Crippen molar-refractivity contribution in [3.05, 3.63) is 89.4 Å². The van der Waals surface area contributed by atoms with Crippen molar-refractivity contribution in [2.75, 3.05) is 11.9 Å². The summed E-state index contributed by atoms with van der Waals surface area (Å²) in [6.07, 6.45) is 0.573. The normalized spacial score (nSPS) is 16.7. The summed E-state index contributed by atoms with van der Waals surface area (Å²) in [5.74, 6) is -1.16. The molecule has 0 saturated carbocycles. The number of carbonyl (C=O) groups excluding carboxylic acids is 1. The smallest absolute Gasteiger partial charge is 0.258 e. The molecule has 0 N–H and O–H groups in total. The van der Waals surface area contributed by atoms with Crippen LogP contribution in [0.5, 0.6) is 0 Å². The van der Waals surface area contributed by atoms with Crippen LogP contribution in [0.15, 0.2) is 65.3 Å². The van der Waals surface area contributed by atoms with Gasteiger partial charge in [0.25, 0.3) is 5.91 Å². The summed E-state index contributed by atoms with van der Waals surface area (Å²) in [6, 6.07) is 14.2. The van der Waals surface area contributed by atoms with E-state index in [4.69, 9.17) is 4.42 Å². The highest BCUT2D eigenvalue weighted by molar-refractivity contribution is 6.02. The fourth-order valence-corrected chi connectivity index (χ4v) is 3.40. The van der Waals surface area contributed by atoms with Crippen molar-refractivity contribution < 1.29 is 18.0 Å². The van der Waals surface area contributed by atoms with Gasteiger partial charge in [-0.2, -0.15) is 0 Å². The van der Waals surface area contributed by atoms with Crippen molar-refractivity contribution >= 4 is 11.6 Å². The maximum absolute atomic E-state index is 14.5. The summed E-state index contributed by atoms with van der Waals surface area (Å²) >= 11 is 0. The zero-order chi connectivity index (χ0) is 18.3. The summed E-state index contributed by atoms with van der Waals surface area (Å²) in [5.41, 5.74) is 0.944. The predicted molar refractivity (Wildman–Crippen MR) is 92.5 cm³/mol. The van der Waals surface area contributed by atoms with E-state index in [-0.39, 0.29) is 18.0 Å². The Balaban J connectivity index is 1.89. The number of amides is 1. The van der Waals surface area contributed by atoms with E-state index in [0.29, 0.717) is 17.0 Å². The van der Waals surface area contributed by atoms with Gasteiger partial charge in [-0.1, -0.05) is 18.2 Å². The van der Waals surface area contributed by atoms with Crippen LogP contribution in [-0.2, 0) is 6.54 Å². The second kappa shape index (κ2) is 6.29. The maximum atomic E-state index is 14.5. The summed E-state index contributed by atoms with van der Waals surface area (Å²) in [5, 5.41) is 0. The lowest BCUT2D eigenvalue weighted by atomic mass is 10.0. The van der Waals surface area contributed by atoms with Gasteiger partial charge in [0.05, 0.1) is 29.6 Å². The van der Waals surface area contributed by atoms with Gasteiger partial charge in [0.15, 0.2) is 0 Å². The molecule has 1 atom stereocenters. The summed E-state index contributed by atoms with van der Waals surface area (Å²) in [6.45, 7) is 0.100. The molecule has 3 aromatic rings. The largest absolute Gasteiger partial charge is 0.467 e. The first-order chi connectivity index (χ1) is 12.6. The Morgan fingerprint density at radius 3 is 2.42 bits per heavy atom. The van der Waals surface area contributed by atoms with Crippen LogP contribution in [0.2, 0.25) is 0 Å². The Bertz CT molecular complexity index is 936.